The van der Waals surface area contributed by atoms with Gasteiger partial charge in [0.25, 0.3) is 5.91 Å². The van der Waals surface area contributed by atoms with E-state index >= 15 is 0 Å². The summed E-state index contributed by atoms with van der Waals surface area (Å²) in [5.74, 6) is 0.982. The van der Waals surface area contributed by atoms with Gasteiger partial charge in [0.1, 0.15) is 5.75 Å². The van der Waals surface area contributed by atoms with Gasteiger partial charge in [0.05, 0.1) is 6.61 Å². The first-order valence-electron chi connectivity index (χ1n) is 9.79. The number of carbonyl (C=O) groups excluding carboxylic acids is 1. The molecule has 162 valence electrons. The maximum Gasteiger partial charge on any atom is 0.258 e. The maximum atomic E-state index is 11.7. The van der Waals surface area contributed by atoms with Crippen LogP contribution in [0.2, 0.25) is 0 Å². The van der Waals surface area contributed by atoms with Crippen molar-refractivity contribution in [2.45, 2.75) is 31.9 Å². The number of rotatable bonds is 10. The third-order valence-corrected chi connectivity index (χ3v) is 4.50. The van der Waals surface area contributed by atoms with Crippen molar-refractivity contribution in [2.24, 2.45) is 10.7 Å². The summed E-state index contributed by atoms with van der Waals surface area (Å²) in [7, 11) is 1.66. The first-order chi connectivity index (χ1) is 14.1. The number of aliphatic imine (C=N–C) groups is 1. The number of nitrogens with zero attached hydrogens (tertiary/aromatic N) is 1. The van der Waals surface area contributed by atoms with Gasteiger partial charge in [-0.1, -0.05) is 30.3 Å². The third kappa shape index (κ3) is 8.19. The molecule has 0 heterocycles. The van der Waals surface area contributed by atoms with Crippen LogP contribution in [0.15, 0.2) is 53.5 Å². The average molecular weight is 524 g/mol. The molecular weight excluding hydrogens is 495 g/mol. The molecule has 4 N–H and O–H groups in total. The molecule has 1 aliphatic rings. The van der Waals surface area contributed by atoms with Crippen molar-refractivity contribution in [1.82, 2.24) is 5.32 Å². The highest BCUT2D eigenvalue weighted by Crippen LogP contribution is 2.19. The fourth-order valence-corrected chi connectivity index (χ4v) is 2.80. The standard InChI is InChI=1S/C22H28N4O3.HI/c1-28-14-17-4-2-3-5-20(17)26-22(23)24-13-12-16-6-10-19(11-7-16)29-15-21(27)25-18-8-9-18;/h2-7,10-11,18H,8-9,12-15H2,1H3,(H,25,27)(H3,23,24,26);1H. The Morgan fingerprint density at radius 3 is 2.60 bits per heavy atom. The van der Waals surface area contributed by atoms with E-state index in [1.165, 1.54) is 0 Å². The number of nitrogens with two attached hydrogens (primary N) is 1. The van der Waals surface area contributed by atoms with Gasteiger partial charge in [-0.2, -0.15) is 0 Å². The molecule has 0 saturated heterocycles. The molecule has 1 saturated carbocycles. The van der Waals surface area contributed by atoms with E-state index in [-0.39, 0.29) is 36.5 Å². The van der Waals surface area contributed by atoms with Crippen LogP contribution in [0.1, 0.15) is 24.0 Å². The molecule has 0 bridgehead atoms. The summed E-state index contributed by atoms with van der Waals surface area (Å²) in [5, 5.41) is 6.02. The van der Waals surface area contributed by atoms with Gasteiger partial charge < -0.3 is 25.8 Å². The van der Waals surface area contributed by atoms with Crippen LogP contribution in [-0.4, -0.2) is 38.2 Å². The number of para-hydroxylation sites is 1. The number of anilines is 1. The number of hydrogen-bond donors (Lipinski definition) is 3. The number of ether oxygens (including phenoxy) is 2. The summed E-state index contributed by atoms with van der Waals surface area (Å²) in [6.45, 7) is 1.12. The lowest BCUT2D eigenvalue weighted by Crippen LogP contribution is -2.30. The first kappa shape index (κ1) is 23.9. The minimum absolute atomic E-state index is 0. The molecule has 1 aliphatic carbocycles. The number of methoxy groups -OCH3 is 1. The molecule has 0 spiro atoms. The minimum Gasteiger partial charge on any atom is -0.484 e. The van der Waals surface area contributed by atoms with Gasteiger partial charge in [0.15, 0.2) is 12.6 Å². The molecule has 0 aliphatic heterocycles. The van der Waals surface area contributed by atoms with Crippen molar-refractivity contribution >= 4 is 41.5 Å². The second-order valence-electron chi connectivity index (χ2n) is 7.01. The van der Waals surface area contributed by atoms with E-state index in [0.29, 0.717) is 30.9 Å². The number of carbonyl (C=O) groups is 1. The maximum absolute atomic E-state index is 11.7. The Kier molecular flexibility index (Phi) is 9.88. The average Bonchev–Trinajstić information content (AvgIpc) is 3.53. The molecule has 2 aromatic rings. The van der Waals surface area contributed by atoms with Gasteiger partial charge in [-0.3, -0.25) is 9.79 Å². The zero-order valence-electron chi connectivity index (χ0n) is 17.1. The van der Waals surface area contributed by atoms with E-state index in [0.717, 1.165) is 36.1 Å². The number of halogens is 1. The Bertz CT molecular complexity index is 839. The van der Waals surface area contributed by atoms with E-state index in [2.05, 4.69) is 15.6 Å². The molecule has 7 nitrogen and oxygen atoms in total. The van der Waals surface area contributed by atoms with Crippen LogP contribution in [0.25, 0.3) is 0 Å². The van der Waals surface area contributed by atoms with Gasteiger partial charge in [-0.25, -0.2) is 0 Å². The quantitative estimate of drug-likeness (QED) is 0.252. The third-order valence-electron chi connectivity index (χ3n) is 4.50. The molecule has 0 radical (unpaired) electrons. The summed E-state index contributed by atoms with van der Waals surface area (Å²) >= 11 is 0. The number of guanidine groups is 1. The Balaban J connectivity index is 0.00000320. The topological polar surface area (TPSA) is 98.0 Å². The Morgan fingerprint density at radius 2 is 1.90 bits per heavy atom. The zero-order valence-corrected chi connectivity index (χ0v) is 19.4. The minimum atomic E-state index is -0.0686. The van der Waals surface area contributed by atoms with Crippen LogP contribution in [0, 0.1) is 0 Å². The molecule has 2 aromatic carbocycles. The van der Waals surface area contributed by atoms with E-state index in [1.54, 1.807) is 7.11 Å². The predicted molar refractivity (Wildman–Crippen MR) is 129 cm³/mol. The largest absolute Gasteiger partial charge is 0.484 e. The van der Waals surface area contributed by atoms with E-state index in [4.69, 9.17) is 15.2 Å². The predicted octanol–water partition coefficient (Wildman–Crippen LogP) is 3.08. The molecule has 0 unspecified atom stereocenters. The molecular formula is C22H29IN4O3. The summed E-state index contributed by atoms with van der Waals surface area (Å²) in [6.07, 6.45) is 2.90. The molecule has 1 amide bonds. The lowest BCUT2D eigenvalue weighted by molar-refractivity contribution is -0.123. The summed E-state index contributed by atoms with van der Waals surface area (Å²) in [5.41, 5.74) is 9.04. The Hall–Kier alpha value is -2.33. The van der Waals surface area contributed by atoms with Gasteiger partial charge in [0, 0.05) is 30.9 Å². The van der Waals surface area contributed by atoms with Crippen molar-refractivity contribution in [2.75, 3.05) is 25.6 Å². The number of amides is 1. The number of hydrogen-bond acceptors (Lipinski definition) is 4. The van der Waals surface area contributed by atoms with Crippen LogP contribution < -0.4 is 21.1 Å². The number of benzene rings is 2. The van der Waals surface area contributed by atoms with E-state index in [1.807, 2.05) is 48.5 Å². The molecule has 0 aromatic heterocycles. The summed E-state index contributed by atoms with van der Waals surface area (Å²) < 4.78 is 10.7. The lowest BCUT2D eigenvalue weighted by Gasteiger charge is -2.11. The van der Waals surface area contributed by atoms with E-state index in [9.17, 15) is 4.79 Å². The van der Waals surface area contributed by atoms with Gasteiger partial charge in [-0.05, 0) is 43.0 Å². The molecule has 8 heteroatoms. The van der Waals surface area contributed by atoms with Crippen LogP contribution in [0.4, 0.5) is 5.69 Å². The second kappa shape index (κ2) is 12.4. The van der Waals surface area contributed by atoms with Crippen LogP contribution in [0.3, 0.4) is 0 Å². The summed E-state index contributed by atoms with van der Waals surface area (Å²) in [6, 6.07) is 15.9. The van der Waals surface area contributed by atoms with Crippen molar-refractivity contribution in [3.8, 4) is 5.75 Å². The monoisotopic (exact) mass is 524 g/mol. The smallest absolute Gasteiger partial charge is 0.258 e. The first-order valence-corrected chi connectivity index (χ1v) is 9.79. The zero-order chi connectivity index (χ0) is 20.5. The number of nitrogens with one attached hydrogen (secondary N) is 2. The van der Waals surface area contributed by atoms with Crippen molar-refractivity contribution < 1.29 is 14.3 Å². The molecule has 0 atom stereocenters. The van der Waals surface area contributed by atoms with Gasteiger partial charge in [-0.15, -0.1) is 24.0 Å². The normalized spacial score (nSPS) is 13.3. The second-order valence-corrected chi connectivity index (χ2v) is 7.01. The SMILES string of the molecule is COCc1ccccc1NC(N)=NCCc1ccc(OCC(=O)NC2CC2)cc1.I. The molecule has 3 rings (SSSR count). The lowest BCUT2D eigenvalue weighted by atomic mass is 10.1. The molecule has 30 heavy (non-hydrogen) atoms. The molecule has 1 fully saturated rings. The van der Waals surface area contributed by atoms with Gasteiger partial charge in [0.2, 0.25) is 0 Å². The summed E-state index contributed by atoms with van der Waals surface area (Å²) in [4.78, 5) is 16.0. The van der Waals surface area contributed by atoms with Crippen molar-refractivity contribution in [1.29, 1.82) is 0 Å². The highest BCUT2D eigenvalue weighted by atomic mass is 127. The van der Waals surface area contributed by atoms with Crippen LogP contribution in [0.5, 0.6) is 5.75 Å². The highest BCUT2D eigenvalue weighted by molar-refractivity contribution is 14.0. The Morgan fingerprint density at radius 1 is 1.17 bits per heavy atom. The van der Waals surface area contributed by atoms with Crippen molar-refractivity contribution in [3.63, 3.8) is 0 Å². The Labute approximate surface area is 194 Å². The fraction of sp³-hybridized carbons (Fsp3) is 0.364. The van der Waals surface area contributed by atoms with Crippen molar-refractivity contribution in [3.05, 3.63) is 59.7 Å². The van der Waals surface area contributed by atoms with E-state index < -0.39 is 0 Å². The van der Waals surface area contributed by atoms with Gasteiger partial charge >= 0.3 is 0 Å². The van der Waals surface area contributed by atoms with Crippen LogP contribution >= 0.6 is 24.0 Å². The highest BCUT2D eigenvalue weighted by Gasteiger charge is 2.23. The van der Waals surface area contributed by atoms with Crippen LogP contribution in [-0.2, 0) is 22.6 Å². The fourth-order valence-electron chi connectivity index (χ4n) is 2.80.